The van der Waals surface area contributed by atoms with Gasteiger partial charge in [-0.2, -0.15) is 0 Å². The van der Waals surface area contributed by atoms with Crippen LogP contribution in [0.3, 0.4) is 0 Å². The number of hydrogen-bond acceptors (Lipinski definition) is 7. The second-order valence-corrected chi connectivity index (χ2v) is 19.6. The predicted octanol–water partition coefficient (Wildman–Crippen LogP) is 6.95. The van der Waals surface area contributed by atoms with Gasteiger partial charge in [0.15, 0.2) is 0 Å². The molecule has 6 saturated carbocycles. The van der Waals surface area contributed by atoms with Crippen molar-refractivity contribution in [1.29, 1.82) is 0 Å². The Morgan fingerprint density at radius 1 is 0.745 bits per heavy atom. The first-order valence-corrected chi connectivity index (χ1v) is 19.9. The summed E-state index contributed by atoms with van der Waals surface area (Å²) in [4.78, 5) is 38.1. The smallest absolute Gasteiger partial charge is 0.309 e. The number of rotatable bonds is 9. The van der Waals surface area contributed by atoms with Crippen LogP contribution in [0.25, 0.3) is 0 Å². The number of hydrogen-bond donors (Lipinski definition) is 5. The van der Waals surface area contributed by atoms with Crippen LogP contribution in [0.1, 0.15) is 126 Å². The molecule has 0 aromatic carbocycles. The molecule has 0 aliphatic heterocycles. The molecule has 0 aromatic heterocycles. The number of nitrogens with one attached hydrogen (secondary N) is 1. The quantitative estimate of drug-likeness (QED) is 0.0970. The summed E-state index contributed by atoms with van der Waals surface area (Å²) >= 11 is 0. The summed E-state index contributed by atoms with van der Waals surface area (Å²) < 4.78 is 6.35. The lowest BCUT2D eigenvalue weighted by atomic mass is 9.32. The topological polar surface area (TPSA) is 153 Å². The van der Waals surface area contributed by atoms with Crippen molar-refractivity contribution in [1.82, 2.24) is 5.32 Å². The second-order valence-electron chi connectivity index (χ2n) is 19.6. The lowest BCUT2D eigenvalue weighted by Crippen LogP contribution is -2.67. The summed E-state index contributed by atoms with van der Waals surface area (Å²) in [6.45, 7) is 24.0. The molecule has 0 saturated heterocycles. The Morgan fingerprint density at radius 2 is 1.39 bits per heavy atom. The van der Waals surface area contributed by atoms with Gasteiger partial charge in [0, 0.05) is 18.5 Å². The molecule has 12 atom stereocenters. The minimum absolute atomic E-state index is 0.0928. The Bertz CT molecular complexity index is 1360. The second kappa shape index (κ2) is 14.0. The highest BCUT2D eigenvalue weighted by Gasteiger charge is 2.72. The van der Waals surface area contributed by atoms with Gasteiger partial charge in [-0.3, -0.25) is 14.4 Å². The normalized spacial score (nSPS) is 44.5. The average Bonchev–Trinajstić information content (AvgIpc) is 3.44. The van der Waals surface area contributed by atoms with Crippen LogP contribution in [0.15, 0.2) is 12.2 Å². The first-order chi connectivity index (χ1) is 23.7. The van der Waals surface area contributed by atoms with Crippen LogP contribution in [0.5, 0.6) is 0 Å². The minimum atomic E-state index is -0.823. The molecule has 0 amide bonds. The summed E-state index contributed by atoms with van der Waals surface area (Å²) in [7, 11) is 0. The van der Waals surface area contributed by atoms with Gasteiger partial charge in [-0.25, -0.2) is 0 Å². The van der Waals surface area contributed by atoms with Gasteiger partial charge in [0.1, 0.15) is 6.10 Å². The number of allylic oxidation sites excluding steroid dienone is 1. The number of aliphatic hydroxyl groups is 2. The fourth-order valence-electron chi connectivity index (χ4n) is 13.9. The van der Waals surface area contributed by atoms with E-state index in [0.717, 1.165) is 64.2 Å². The van der Waals surface area contributed by atoms with Gasteiger partial charge in [0.2, 0.25) is 0 Å². The van der Waals surface area contributed by atoms with Crippen LogP contribution in [0, 0.1) is 73.9 Å². The van der Waals surface area contributed by atoms with E-state index in [9.17, 15) is 24.6 Å². The van der Waals surface area contributed by atoms with Gasteiger partial charge < -0.3 is 30.5 Å². The molecule has 9 nitrogen and oxygen atoms in total. The van der Waals surface area contributed by atoms with Crippen LogP contribution in [-0.2, 0) is 19.1 Å². The highest BCUT2D eigenvalue weighted by molar-refractivity contribution is 5.81. The first kappa shape index (κ1) is 40.2. The van der Waals surface area contributed by atoms with E-state index in [1.807, 2.05) is 13.8 Å². The maximum absolute atomic E-state index is 13.5. The van der Waals surface area contributed by atoms with E-state index in [1.165, 1.54) is 5.57 Å². The van der Waals surface area contributed by atoms with E-state index in [1.54, 1.807) is 0 Å². The highest BCUT2D eigenvalue weighted by Crippen LogP contribution is 2.77. The number of esters is 1. The number of carboxylic acids is 2. The summed E-state index contributed by atoms with van der Waals surface area (Å²) in [5.74, 6) is -0.593. The molecule has 6 aliphatic rings. The van der Waals surface area contributed by atoms with E-state index >= 15 is 0 Å². The van der Waals surface area contributed by atoms with Crippen LogP contribution in [-0.4, -0.2) is 70.7 Å². The molecular formula is C42H69NO8. The van der Waals surface area contributed by atoms with Crippen LogP contribution in [0.2, 0.25) is 0 Å². The number of fused-ring (bicyclic) bond motifs is 7. The predicted molar refractivity (Wildman–Crippen MR) is 197 cm³/mol. The third-order valence-corrected chi connectivity index (χ3v) is 17.1. The number of carbonyl (C=O) groups is 3. The Morgan fingerprint density at radius 3 is 1.94 bits per heavy atom. The molecule has 0 radical (unpaired) electrons. The third-order valence-electron chi connectivity index (χ3n) is 17.1. The first-order valence-electron chi connectivity index (χ1n) is 19.9. The maximum atomic E-state index is 13.5. The average molecular weight is 716 g/mol. The zero-order valence-electron chi connectivity index (χ0n) is 32.9. The largest absolute Gasteiger partial charge is 0.481 e. The van der Waals surface area contributed by atoms with Crippen molar-refractivity contribution in [3.63, 3.8) is 0 Å². The van der Waals surface area contributed by atoms with E-state index in [0.29, 0.717) is 43.2 Å². The van der Waals surface area contributed by atoms with E-state index < -0.39 is 28.7 Å². The van der Waals surface area contributed by atoms with Crippen LogP contribution in [0.4, 0.5) is 0 Å². The molecule has 6 unspecified atom stereocenters. The van der Waals surface area contributed by atoms with Gasteiger partial charge >= 0.3 is 17.9 Å². The lowest BCUT2D eigenvalue weighted by molar-refractivity contribution is -0.252. The number of aliphatic hydroxyl groups excluding tert-OH is 2. The number of aliphatic carboxylic acids is 2. The zero-order valence-corrected chi connectivity index (χ0v) is 32.9. The molecule has 51 heavy (non-hydrogen) atoms. The number of carbonyl (C=O) groups excluding carboxylic acids is 1. The van der Waals surface area contributed by atoms with Crippen molar-refractivity contribution in [2.45, 2.75) is 132 Å². The number of carboxylic acid groups (broad SMARTS) is 2. The third kappa shape index (κ3) is 6.11. The standard InChI is InChI=1S/C38H58O6.C4H11NO2/c1-21(2)22-12-17-38(32(42)43)19-18-36(8)23(29(22)38)10-11-27-35(7)15-14-28(34(5,6)26(35)13-16-37(27,36)9)44-31(41)25-20-24(30(39)40)33(25,3)4;6-3-1-5-2-4-7/h22-29H,1,10-20H2,2-9H3,(H,39,40)(H,42,43);5-7H,1-4H2/t22-,23?,24?,25?,26?,27?,28-,29?,35-,36+,37+,38-;/m0./s1. The van der Waals surface area contributed by atoms with Crippen molar-refractivity contribution < 1.29 is 39.5 Å². The van der Waals surface area contributed by atoms with Gasteiger partial charge in [0.05, 0.1) is 30.5 Å². The summed E-state index contributed by atoms with van der Waals surface area (Å²) in [6.07, 6.45) is 10.1. The van der Waals surface area contributed by atoms with Gasteiger partial charge in [-0.15, -0.1) is 0 Å². The van der Waals surface area contributed by atoms with Crippen LogP contribution >= 0.6 is 0 Å². The van der Waals surface area contributed by atoms with Gasteiger partial charge in [0.25, 0.3) is 0 Å². The van der Waals surface area contributed by atoms with Gasteiger partial charge in [-0.05, 0) is 129 Å². The molecule has 6 fully saturated rings. The SMILES string of the molecule is C=C(C)[C@@H]1CC[C@]2(C(=O)O)CC[C@]3(C)C(CCC4[C@@]5(C)CC[C@H](OC(=O)C6CC(C(=O)O)C6(C)C)C(C)(C)C5CC[C@]43C)C12.OCCNCCO. The highest BCUT2D eigenvalue weighted by atomic mass is 16.5. The summed E-state index contributed by atoms with van der Waals surface area (Å²) in [5, 5.41) is 39.3. The fraction of sp³-hybridized carbons (Fsp3) is 0.881. The molecule has 0 spiro atoms. The summed E-state index contributed by atoms with van der Waals surface area (Å²) in [6, 6.07) is 0. The van der Waals surface area contributed by atoms with E-state index in [2.05, 4.69) is 53.4 Å². The fourth-order valence-corrected chi connectivity index (χ4v) is 13.9. The van der Waals surface area contributed by atoms with E-state index in [-0.39, 0.29) is 58.8 Å². The molecule has 0 aromatic rings. The molecular weight excluding hydrogens is 646 g/mol. The Hall–Kier alpha value is -1.97. The number of ether oxygens (including phenoxy) is 1. The zero-order chi connectivity index (χ0) is 37.9. The Kier molecular flexibility index (Phi) is 11.1. The maximum Gasteiger partial charge on any atom is 0.309 e. The van der Waals surface area contributed by atoms with Crippen molar-refractivity contribution in [2.24, 2.45) is 73.9 Å². The molecule has 6 rings (SSSR count). The Labute approximate surface area is 306 Å². The van der Waals surface area contributed by atoms with Crippen molar-refractivity contribution in [2.75, 3.05) is 26.3 Å². The molecule has 0 bridgehead atoms. The Balaban J connectivity index is 0.000000654. The van der Waals surface area contributed by atoms with Crippen molar-refractivity contribution in [3.8, 4) is 0 Å². The van der Waals surface area contributed by atoms with Crippen molar-refractivity contribution >= 4 is 17.9 Å². The molecule has 290 valence electrons. The monoisotopic (exact) mass is 716 g/mol. The van der Waals surface area contributed by atoms with Crippen LogP contribution < -0.4 is 5.32 Å². The van der Waals surface area contributed by atoms with E-state index in [4.69, 9.17) is 14.9 Å². The minimum Gasteiger partial charge on any atom is -0.481 e. The summed E-state index contributed by atoms with van der Waals surface area (Å²) in [5.41, 5.74) is 0.166. The molecule has 9 heteroatoms. The molecule has 5 N–H and O–H groups in total. The lowest BCUT2D eigenvalue weighted by Gasteiger charge is -2.72. The molecule has 6 aliphatic carbocycles. The van der Waals surface area contributed by atoms with Gasteiger partial charge in [-0.1, -0.05) is 60.6 Å². The molecule has 0 heterocycles. The van der Waals surface area contributed by atoms with Crippen molar-refractivity contribution in [3.05, 3.63) is 12.2 Å².